The molecule has 1 N–H and O–H groups in total. The molecule has 0 aliphatic carbocycles. The molecule has 5 nitrogen and oxygen atoms in total. The fraction of sp³-hybridized carbons (Fsp3) is 0.769. The molecule has 1 saturated heterocycles. The highest BCUT2D eigenvalue weighted by Gasteiger charge is 2.15. The fourth-order valence-corrected chi connectivity index (χ4v) is 2.59. The Morgan fingerprint density at radius 2 is 1.94 bits per heavy atom. The van der Waals surface area contributed by atoms with Crippen LogP contribution in [-0.2, 0) is 13.6 Å². The van der Waals surface area contributed by atoms with E-state index in [1.807, 2.05) is 18.7 Å². The highest BCUT2D eigenvalue weighted by molar-refractivity contribution is 5.08. The smallest absolute Gasteiger partial charge is 0.0597 e. The Labute approximate surface area is 109 Å². The van der Waals surface area contributed by atoms with Crippen LogP contribution >= 0.6 is 0 Å². The predicted molar refractivity (Wildman–Crippen MR) is 71.4 cm³/mol. The molecular formula is C13H24N4O. The maximum Gasteiger partial charge on any atom is 0.0597 e. The monoisotopic (exact) mass is 252 g/mol. The van der Waals surface area contributed by atoms with Crippen LogP contribution in [0, 0.1) is 6.92 Å². The maximum absolute atomic E-state index is 8.98. The van der Waals surface area contributed by atoms with Crippen molar-refractivity contribution >= 4 is 0 Å². The molecule has 0 saturated carbocycles. The summed E-state index contributed by atoms with van der Waals surface area (Å²) in [6.45, 7) is 8.44. The van der Waals surface area contributed by atoms with E-state index >= 15 is 0 Å². The number of aryl methyl sites for hydroxylation is 2. The zero-order chi connectivity index (χ0) is 13.0. The first-order chi connectivity index (χ1) is 8.69. The molecule has 0 amide bonds. The summed E-state index contributed by atoms with van der Waals surface area (Å²) in [5.41, 5.74) is 2.37. The van der Waals surface area contributed by atoms with Crippen molar-refractivity contribution in [2.24, 2.45) is 7.05 Å². The van der Waals surface area contributed by atoms with Crippen LogP contribution in [0.3, 0.4) is 0 Å². The van der Waals surface area contributed by atoms with Gasteiger partial charge in [0.05, 0.1) is 18.0 Å². The van der Waals surface area contributed by atoms with Crippen LogP contribution in [0.2, 0.25) is 0 Å². The summed E-state index contributed by atoms with van der Waals surface area (Å²) in [7, 11) is 2.01. The summed E-state index contributed by atoms with van der Waals surface area (Å²) >= 11 is 0. The lowest BCUT2D eigenvalue weighted by Crippen LogP contribution is -2.32. The van der Waals surface area contributed by atoms with Gasteiger partial charge >= 0.3 is 0 Å². The number of aliphatic hydroxyl groups is 1. The molecule has 2 rings (SSSR count). The molecule has 5 heteroatoms. The molecule has 0 radical (unpaired) electrons. The van der Waals surface area contributed by atoms with Gasteiger partial charge < -0.3 is 5.11 Å². The Morgan fingerprint density at radius 1 is 1.22 bits per heavy atom. The summed E-state index contributed by atoms with van der Waals surface area (Å²) in [5, 5.41) is 13.4. The van der Waals surface area contributed by atoms with E-state index in [2.05, 4.69) is 21.0 Å². The second-order valence-electron chi connectivity index (χ2n) is 5.10. The minimum absolute atomic E-state index is 0.265. The second-order valence-corrected chi connectivity index (χ2v) is 5.10. The average Bonchev–Trinajstić information content (AvgIpc) is 2.52. The zero-order valence-electron chi connectivity index (χ0n) is 11.5. The van der Waals surface area contributed by atoms with Gasteiger partial charge in [0.15, 0.2) is 0 Å². The first-order valence-electron chi connectivity index (χ1n) is 6.74. The van der Waals surface area contributed by atoms with E-state index in [0.717, 1.165) is 45.0 Å². The van der Waals surface area contributed by atoms with Gasteiger partial charge in [0.2, 0.25) is 0 Å². The fourth-order valence-electron chi connectivity index (χ4n) is 2.59. The van der Waals surface area contributed by atoms with Crippen molar-refractivity contribution in [1.29, 1.82) is 0 Å². The van der Waals surface area contributed by atoms with Crippen LogP contribution in [-0.4, -0.2) is 64.0 Å². The number of aliphatic hydroxyl groups excluding tert-OH is 1. The van der Waals surface area contributed by atoms with E-state index < -0.39 is 0 Å². The van der Waals surface area contributed by atoms with Gasteiger partial charge in [-0.15, -0.1) is 0 Å². The van der Waals surface area contributed by atoms with Crippen molar-refractivity contribution in [3.05, 3.63) is 17.5 Å². The van der Waals surface area contributed by atoms with Gasteiger partial charge in [-0.2, -0.15) is 5.10 Å². The van der Waals surface area contributed by atoms with Gasteiger partial charge in [-0.25, -0.2) is 0 Å². The minimum atomic E-state index is 0.265. The van der Waals surface area contributed by atoms with Gasteiger partial charge in [-0.05, 0) is 32.5 Å². The summed E-state index contributed by atoms with van der Waals surface area (Å²) < 4.78 is 1.98. The van der Waals surface area contributed by atoms with Gasteiger partial charge in [0.25, 0.3) is 0 Å². The maximum atomic E-state index is 8.98. The van der Waals surface area contributed by atoms with Crippen molar-refractivity contribution in [2.45, 2.75) is 19.9 Å². The first-order valence-corrected chi connectivity index (χ1v) is 6.74. The van der Waals surface area contributed by atoms with Crippen molar-refractivity contribution in [3.8, 4) is 0 Å². The van der Waals surface area contributed by atoms with Gasteiger partial charge in [0, 0.05) is 33.2 Å². The Balaban J connectivity index is 1.88. The van der Waals surface area contributed by atoms with Crippen molar-refractivity contribution in [3.63, 3.8) is 0 Å². The van der Waals surface area contributed by atoms with Crippen LogP contribution in [0.4, 0.5) is 0 Å². The molecule has 0 spiro atoms. The highest BCUT2D eigenvalue weighted by Crippen LogP contribution is 2.09. The second kappa shape index (κ2) is 6.31. The van der Waals surface area contributed by atoms with Crippen LogP contribution in [0.5, 0.6) is 0 Å². The van der Waals surface area contributed by atoms with Gasteiger partial charge in [0.1, 0.15) is 0 Å². The van der Waals surface area contributed by atoms with E-state index in [-0.39, 0.29) is 6.61 Å². The van der Waals surface area contributed by atoms with E-state index in [4.69, 9.17) is 5.11 Å². The van der Waals surface area contributed by atoms with Crippen LogP contribution in [0.25, 0.3) is 0 Å². The Hall–Kier alpha value is -0.910. The van der Waals surface area contributed by atoms with Crippen LogP contribution in [0.1, 0.15) is 17.8 Å². The SMILES string of the molecule is Cc1cc(CN2CCCN(CCO)CC2)n(C)n1. The molecule has 1 aliphatic heterocycles. The average molecular weight is 252 g/mol. The molecule has 0 bridgehead atoms. The molecule has 0 unspecified atom stereocenters. The lowest BCUT2D eigenvalue weighted by Gasteiger charge is -2.21. The molecule has 2 heterocycles. The number of hydrogen-bond donors (Lipinski definition) is 1. The van der Waals surface area contributed by atoms with Crippen LogP contribution < -0.4 is 0 Å². The summed E-state index contributed by atoms with van der Waals surface area (Å²) in [4.78, 5) is 4.82. The quantitative estimate of drug-likeness (QED) is 0.833. The third-order valence-electron chi connectivity index (χ3n) is 3.58. The topological polar surface area (TPSA) is 44.5 Å². The minimum Gasteiger partial charge on any atom is -0.395 e. The molecular weight excluding hydrogens is 228 g/mol. The molecule has 18 heavy (non-hydrogen) atoms. The van der Waals surface area contributed by atoms with Crippen LogP contribution in [0.15, 0.2) is 6.07 Å². The molecule has 102 valence electrons. The third-order valence-corrected chi connectivity index (χ3v) is 3.58. The number of hydrogen-bond acceptors (Lipinski definition) is 4. The normalized spacial score (nSPS) is 19.1. The number of aromatic nitrogens is 2. The molecule has 1 aliphatic rings. The third kappa shape index (κ3) is 3.54. The number of β-amino-alcohol motifs (C(OH)–C–C–N with tert-alkyl or cyclic N) is 1. The molecule has 1 aromatic heterocycles. The van der Waals surface area contributed by atoms with Crippen molar-refractivity contribution in [1.82, 2.24) is 19.6 Å². The number of nitrogens with zero attached hydrogens (tertiary/aromatic N) is 4. The van der Waals surface area contributed by atoms with E-state index in [9.17, 15) is 0 Å². The molecule has 1 fully saturated rings. The highest BCUT2D eigenvalue weighted by atomic mass is 16.3. The predicted octanol–water partition coefficient (Wildman–Crippen LogP) is 0.229. The Morgan fingerprint density at radius 3 is 2.61 bits per heavy atom. The summed E-state index contributed by atoms with van der Waals surface area (Å²) in [5.74, 6) is 0. The van der Waals surface area contributed by atoms with E-state index in [0.29, 0.717) is 0 Å². The largest absolute Gasteiger partial charge is 0.395 e. The summed E-state index contributed by atoms with van der Waals surface area (Å²) in [6, 6.07) is 2.16. The van der Waals surface area contributed by atoms with Gasteiger partial charge in [-0.3, -0.25) is 14.5 Å². The summed E-state index contributed by atoms with van der Waals surface area (Å²) in [6.07, 6.45) is 1.18. The van der Waals surface area contributed by atoms with E-state index in [1.54, 1.807) is 0 Å². The first kappa shape index (κ1) is 13.5. The Kier molecular flexibility index (Phi) is 4.74. The standard InChI is InChI=1S/C13H24N4O/c1-12-10-13(15(2)14-12)11-17-5-3-4-16(6-7-17)8-9-18/h10,18H,3-9,11H2,1-2H3. The molecule has 1 aromatic rings. The Bertz CT molecular complexity index is 377. The zero-order valence-corrected chi connectivity index (χ0v) is 11.5. The lowest BCUT2D eigenvalue weighted by atomic mass is 10.3. The van der Waals surface area contributed by atoms with Crippen molar-refractivity contribution < 1.29 is 5.11 Å². The van der Waals surface area contributed by atoms with E-state index in [1.165, 1.54) is 12.1 Å². The molecule has 0 aromatic carbocycles. The molecule has 0 atom stereocenters. The van der Waals surface area contributed by atoms with Gasteiger partial charge in [-0.1, -0.05) is 0 Å². The number of rotatable bonds is 4. The lowest BCUT2D eigenvalue weighted by molar-refractivity contribution is 0.195. The van der Waals surface area contributed by atoms with Crippen molar-refractivity contribution in [2.75, 3.05) is 39.3 Å².